The number of carbonyl (C=O) groups excluding carboxylic acids is 3. The molecule has 1 aliphatic heterocycles. The van der Waals surface area contributed by atoms with Crippen molar-refractivity contribution in [3.8, 4) is 11.3 Å². The SMILES string of the molecule is CCN1[C@H](C)C(=O)OB([C@@H](CC(=O)[C@H](Cc2ccccc2)NC(=O)c2cccc(-c3ccccc3)n2)CC(C)C)O[C@@H](C)[C@H]1C. The number of pyridine rings is 1. The summed E-state index contributed by atoms with van der Waals surface area (Å²) in [6.07, 6.45) is 0.791. The summed E-state index contributed by atoms with van der Waals surface area (Å²) in [5, 5.41) is 2.98. The molecule has 0 radical (unpaired) electrons. The number of rotatable bonds is 12. The number of hydrogen-bond donors (Lipinski definition) is 1. The molecule has 1 saturated heterocycles. The van der Waals surface area contributed by atoms with Gasteiger partial charge in [0.25, 0.3) is 5.91 Å². The Hall–Kier alpha value is -3.82. The van der Waals surface area contributed by atoms with Gasteiger partial charge < -0.3 is 14.6 Å². The molecule has 4 rings (SSSR count). The van der Waals surface area contributed by atoms with Crippen LogP contribution in [0.15, 0.2) is 78.9 Å². The Kier molecular flexibility index (Phi) is 12.1. The van der Waals surface area contributed by atoms with Crippen LogP contribution in [0, 0.1) is 5.92 Å². The highest BCUT2D eigenvalue weighted by molar-refractivity contribution is 6.49. The summed E-state index contributed by atoms with van der Waals surface area (Å²) in [5.41, 5.74) is 2.73. The molecule has 1 N–H and O–H groups in total. The molecule has 0 unspecified atom stereocenters. The lowest BCUT2D eigenvalue weighted by atomic mass is 9.64. The molecule has 0 spiro atoms. The standard InChI is InChI=1S/C36H46BN3O5/c1-7-40-25(4)27(6)44-37(45-36(43)26(40)5)30(21-24(2)3)23-34(41)33(22-28-15-10-8-11-16-28)39-35(42)32-20-14-19-31(38-32)29-17-12-9-13-18-29/h8-20,24-27,30,33H,7,21-23H2,1-6H3,(H,39,42)/t25-,26-,27+,30-,33+/m1/s1. The molecule has 5 atom stereocenters. The van der Waals surface area contributed by atoms with Gasteiger partial charge in [-0.05, 0) is 63.8 Å². The topological polar surface area (TPSA) is 97.8 Å². The number of carbonyl (C=O) groups is 3. The highest BCUT2D eigenvalue weighted by Gasteiger charge is 2.43. The van der Waals surface area contributed by atoms with E-state index in [2.05, 4.69) is 36.0 Å². The van der Waals surface area contributed by atoms with Gasteiger partial charge in [-0.25, -0.2) is 4.98 Å². The van der Waals surface area contributed by atoms with Crippen LogP contribution >= 0.6 is 0 Å². The van der Waals surface area contributed by atoms with Crippen LogP contribution in [0.3, 0.4) is 0 Å². The second-order valence-electron chi connectivity index (χ2n) is 12.4. The maximum Gasteiger partial charge on any atom is 0.531 e. The lowest BCUT2D eigenvalue weighted by Gasteiger charge is -2.40. The summed E-state index contributed by atoms with van der Waals surface area (Å²) in [7, 11) is -0.875. The normalized spacial score (nSPS) is 20.6. The van der Waals surface area contributed by atoms with Crippen molar-refractivity contribution in [2.75, 3.05) is 6.54 Å². The number of aromatic nitrogens is 1. The van der Waals surface area contributed by atoms with Gasteiger partial charge >= 0.3 is 13.1 Å². The van der Waals surface area contributed by atoms with Gasteiger partial charge in [-0.1, -0.05) is 87.5 Å². The first-order chi connectivity index (χ1) is 21.6. The summed E-state index contributed by atoms with van der Waals surface area (Å²) in [6, 6.07) is 23.3. The van der Waals surface area contributed by atoms with E-state index >= 15 is 0 Å². The van der Waals surface area contributed by atoms with Crippen LogP contribution in [-0.4, -0.2) is 65.4 Å². The second kappa shape index (κ2) is 16.0. The van der Waals surface area contributed by atoms with Crippen LogP contribution in [0.1, 0.15) is 70.4 Å². The Morgan fingerprint density at radius 1 is 0.956 bits per heavy atom. The summed E-state index contributed by atoms with van der Waals surface area (Å²) >= 11 is 0. The van der Waals surface area contributed by atoms with Crippen molar-refractivity contribution in [1.29, 1.82) is 0 Å². The average molecular weight is 612 g/mol. The van der Waals surface area contributed by atoms with Crippen molar-refractivity contribution in [2.24, 2.45) is 5.92 Å². The minimum atomic E-state index is -0.875. The zero-order valence-electron chi connectivity index (χ0n) is 27.3. The van der Waals surface area contributed by atoms with Gasteiger partial charge in [0.2, 0.25) is 0 Å². The third-order valence-electron chi connectivity index (χ3n) is 8.64. The molecule has 1 fully saturated rings. The van der Waals surface area contributed by atoms with E-state index in [1.54, 1.807) is 12.1 Å². The van der Waals surface area contributed by atoms with Gasteiger partial charge in [0.1, 0.15) is 11.7 Å². The van der Waals surface area contributed by atoms with Gasteiger partial charge in [-0.15, -0.1) is 0 Å². The van der Waals surface area contributed by atoms with E-state index in [4.69, 9.17) is 9.31 Å². The molecule has 3 aromatic rings. The first-order valence-electron chi connectivity index (χ1n) is 16.1. The van der Waals surface area contributed by atoms with E-state index in [0.29, 0.717) is 25.1 Å². The molecule has 2 aromatic carbocycles. The van der Waals surface area contributed by atoms with E-state index in [0.717, 1.165) is 11.1 Å². The molecule has 0 saturated carbocycles. The smallest absolute Gasteiger partial charge is 0.508 e. The van der Waals surface area contributed by atoms with Crippen molar-refractivity contribution in [3.05, 3.63) is 90.1 Å². The number of nitrogens with zero attached hydrogens (tertiary/aromatic N) is 2. The van der Waals surface area contributed by atoms with Gasteiger partial charge in [-0.3, -0.25) is 19.3 Å². The van der Waals surface area contributed by atoms with Crippen molar-refractivity contribution in [2.45, 2.75) is 90.9 Å². The minimum absolute atomic E-state index is 0.0139. The molecule has 1 aliphatic rings. The zero-order chi connectivity index (χ0) is 32.5. The highest BCUT2D eigenvalue weighted by Crippen LogP contribution is 2.31. The Morgan fingerprint density at radius 2 is 1.62 bits per heavy atom. The van der Waals surface area contributed by atoms with E-state index in [1.807, 2.05) is 87.5 Å². The fourth-order valence-electron chi connectivity index (χ4n) is 6.05. The third kappa shape index (κ3) is 9.11. The van der Waals surface area contributed by atoms with Crippen LogP contribution in [0.4, 0.5) is 0 Å². The summed E-state index contributed by atoms with van der Waals surface area (Å²) in [5.74, 6) is -1.10. The van der Waals surface area contributed by atoms with Crippen LogP contribution in [-0.2, 0) is 25.3 Å². The predicted molar refractivity (Wildman–Crippen MR) is 178 cm³/mol. The molecule has 2 heterocycles. The Balaban J connectivity index is 1.58. The largest absolute Gasteiger partial charge is 0.531 e. The van der Waals surface area contributed by atoms with Gasteiger partial charge in [0.15, 0.2) is 5.78 Å². The fraction of sp³-hybridized carbons (Fsp3) is 0.444. The van der Waals surface area contributed by atoms with Crippen LogP contribution < -0.4 is 5.32 Å². The maximum atomic E-state index is 14.1. The number of ketones is 1. The summed E-state index contributed by atoms with van der Waals surface area (Å²) in [4.78, 5) is 47.6. The van der Waals surface area contributed by atoms with E-state index < -0.39 is 25.1 Å². The first kappa shape index (κ1) is 34.1. The number of Topliss-reactive ketones (excluding diaryl/α,β-unsaturated/α-hetero) is 1. The lowest BCUT2D eigenvalue weighted by molar-refractivity contribution is -0.146. The Morgan fingerprint density at radius 3 is 2.27 bits per heavy atom. The van der Waals surface area contributed by atoms with Crippen LogP contribution in [0.25, 0.3) is 11.3 Å². The summed E-state index contributed by atoms with van der Waals surface area (Å²) < 4.78 is 12.4. The molecular weight excluding hydrogens is 565 g/mol. The minimum Gasteiger partial charge on any atom is -0.508 e. The van der Waals surface area contributed by atoms with Gasteiger partial charge in [0.05, 0.1) is 17.8 Å². The fourth-order valence-corrected chi connectivity index (χ4v) is 6.05. The van der Waals surface area contributed by atoms with Crippen molar-refractivity contribution in [1.82, 2.24) is 15.2 Å². The molecule has 45 heavy (non-hydrogen) atoms. The monoisotopic (exact) mass is 611 g/mol. The zero-order valence-corrected chi connectivity index (χ0v) is 27.3. The molecule has 1 aromatic heterocycles. The molecule has 8 nitrogen and oxygen atoms in total. The lowest BCUT2D eigenvalue weighted by Crippen LogP contribution is -2.55. The molecule has 1 amide bonds. The molecule has 9 heteroatoms. The number of amides is 1. The van der Waals surface area contributed by atoms with E-state index in [-0.39, 0.29) is 47.7 Å². The second-order valence-corrected chi connectivity index (χ2v) is 12.4. The number of benzene rings is 2. The van der Waals surface area contributed by atoms with Gasteiger partial charge in [0, 0.05) is 23.8 Å². The van der Waals surface area contributed by atoms with Crippen molar-refractivity contribution >= 4 is 24.8 Å². The van der Waals surface area contributed by atoms with E-state index in [1.165, 1.54) is 0 Å². The molecule has 0 aliphatic carbocycles. The van der Waals surface area contributed by atoms with Gasteiger partial charge in [-0.2, -0.15) is 0 Å². The first-order valence-corrected chi connectivity index (χ1v) is 16.1. The molecule has 0 bridgehead atoms. The number of likely N-dealkylation sites (N-methyl/N-ethyl adjacent to an activating group) is 1. The molecule has 238 valence electrons. The summed E-state index contributed by atoms with van der Waals surface area (Å²) in [6.45, 7) is 12.7. The van der Waals surface area contributed by atoms with E-state index in [9.17, 15) is 14.4 Å². The Labute approximate surface area is 268 Å². The number of nitrogens with one attached hydrogen (secondary N) is 1. The van der Waals surface area contributed by atoms with Crippen molar-refractivity contribution < 1.29 is 23.7 Å². The quantitative estimate of drug-likeness (QED) is 0.251. The van der Waals surface area contributed by atoms with Crippen molar-refractivity contribution in [3.63, 3.8) is 0 Å². The highest BCUT2D eigenvalue weighted by atomic mass is 16.6. The average Bonchev–Trinajstić information content (AvgIpc) is 3.04. The van der Waals surface area contributed by atoms with Crippen LogP contribution in [0.2, 0.25) is 5.82 Å². The number of hydrogen-bond acceptors (Lipinski definition) is 7. The Bertz CT molecular complexity index is 1420. The van der Waals surface area contributed by atoms with Crippen LogP contribution in [0.5, 0.6) is 0 Å². The molecular formula is C36H46BN3O5. The predicted octanol–water partition coefficient (Wildman–Crippen LogP) is 6.01. The third-order valence-corrected chi connectivity index (χ3v) is 8.64. The maximum absolute atomic E-state index is 14.1.